The summed E-state index contributed by atoms with van der Waals surface area (Å²) in [4.78, 5) is 21.2. The second-order valence-electron chi connectivity index (χ2n) is 7.18. The normalized spacial score (nSPS) is 16.9. The van der Waals surface area contributed by atoms with Gasteiger partial charge in [0.15, 0.2) is 11.5 Å². The number of ether oxygens (including phenoxy) is 2. The molecule has 1 aromatic carbocycles. The summed E-state index contributed by atoms with van der Waals surface area (Å²) in [6.07, 6.45) is 4.71. The summed E-state index contributed by atoms with van der Waals surface area (Å²) in [5.74, 6) is 1.53. The molecule has 0 N–H and O–H groups in total. The Kier molecular flexibility index (Phi) is 6.87. The van der Waals surface area contributed by atoms with Gasteiger partial charge in [-0.2, -0.15) is 0 Å². The molecule has 1 aliphatic heterocycles. The molecule has 0 saturated carbocycles. The van der Waals surface area contributed by atoms with E-state index in [0.717, 1.165) is 50.4 Å². The number of aromatic nitrogens is 1. The number of amides is 1. The summed E-state index contributed by atoms with van der Waals surface area (Å²) < 4.78 is 10.7. The highest BCUT2D eigenvalue weighted by atomic mass is 16.5. The van der Waals surface area contributed by atoms with E-state index in [1.165, 1.54) is 5.56 Å². The van der Waals surface area contributed by atoms with E-state index in [9.17, 15) is 4.79 Å². The summed E-state index contributed by atoms with van der Waals surface area (Å²) in [6.45, 7) is 2.47. The molecule has 2 aromatic rings. The highest BCUT2D eigenvalue weighted by Crippen LogP contribution is 2.28. The molecule has 6 heteroatoms. The Labute approximate surface area is 167 Å². The van der Waals surface area contributed by atoms with Crippen LogP contribution < -0.4 is 9.47 Å². The van der Waals surface area contributed by atoms with Crippen molar-refractivity contribution in [2.45, 2.75) is 25.3 Å². The molecule has 1 unspecified atom stereocenters. The van der Waals surface area contributed by atoms with Crippen LogP contribution in [0.3, 0.4) is 0 Å². The molecular weight excluding hydrogens is 354 g/mol. The largest absolute Gasteiger partial charge is 0.493 e. The SMILES string of the molecule is COc1ccc(CCN(C)C2CCCN(C(=O)c3ccccn3)C2)cc1OC. The molecule has 1 fully saturated rings. The van der Waals surface area contributed by atoms with Crippen molar-refractivity contribution in [1.29, 1.82) is 0 Å². The minimum absolute atomic E-state index is 0.0265. The summed E-state index contributed by atoms with van der Waals surface area (Å²) in [5.41, 5.74) is 1.73. The molecule has 0 spiro atoms. The topological polar surface area (TPSA) is 54.9 Å². The Hall–Kier alpha value is -2.60. The van der Waals surface area contributed by atoms with Gasteiger partial charge in [-0.3, -0.25) is 9.78 Å². The number of methoxy groups -OCH3 is 2. The second-order valence-corrected chi connectivity index (χ2v) is 7.18. The van der Waals surface area contributed by atoms with Crippen molar-refractivity contribution in [1.82, 2.24) is 14.8 Å². The molecule has 1 amide bonds. The maximum atomic E-state index is 12.7. The molecule has 2 heterocycles. The van der Waals surface area contributed by atoms with Crippen LogP contribution in [0.5, 0.6) is 11.5 Å². The van der Waals surface area contributed by atoms with Crippen molar-refractivity contribution >= 4 is 5.91 Å². The molecule has 1 aliphatic rings. The molecule has 1 aromatic heterocycles. The van der Waals surface area contributed by atoms with Crippen LogP contribution in [0, 0.1) is 0 Å². The molecule has 0 aliphatic carbocycles. The van der Waals surface area contributed by atoms with Crippen molar-refractivity contribution < 1.29 is 14.3 Å². The standard InChI is InChI=1S/C22H29N3O3/c1-24(14-11-17-9-10-20(27-2)21(15-17)28-3)18-7-6-13-25(16-18)22(26)19-8-4-5-12-23-19/h4-5,8-10,12,15,18H,6-7,11,13-14,16H2,1-3H3. The average molecular weight is 383 g/mol. The van der Waals surface area contributed by atoms with Gasteiger partial charge in [0.25, 0.3) is 5.91 Å². The van der Waals surface area contributed by atoms with Crippen LogP contribution in [0.15, 0.2) is 42.6 Å². The molecule has 1 saturated heterocycles. The first-order valence-corrected chi connectivity index (χ1v) is 9.74. The van der Waals surface area contributed by atoms with E-state index in [1.54, 1.807) is 26.5 Å². The van der Waals surface area contributed by atoms with E-state index in [4.69, 9.17) is 9.47 Å². The van der Waals surface area contributed by atoms with Crippen molar-refractivity contribution in [3.8, 4) is 11.5 Å². The number of rotatable bonds is 7. The van der Waals surface area contributed by atoms with Crippen molar-refractivity contribution in [3.63, 3.8) is 0 Å². The fraction of sp³-hybridized carbons (Fsp3) is 0.455. The van der Waals surface area contributed by atoms with Gasteiger partial charge in [-0.15, -0.1) is 0 Å². The number of carbonyl (C=O) groups is 1. The number of nitrogens with zero attached hydrogens (tertiary/aromatic N) is 3. The van der Waals surface area contributed by atoms with Gasteiger partial charge in [0.2, 0.25) is 0 Å². The first-order valence-electron chi connectivity index (χ1n) is 9.74. The number of likely N-dealkylation sites (N-methyl/N-ethyl adjacent to an activating group) is 1. The summed E-state index contributed by atoms with van der Waals surface area (Å²) in [5, 5.41) is 0. The first-order chi connectivity index (χ1) is 13.6. The monoisotopic (exact) mass is 383 g/mol. The minimum atomic E-state index is 0.0265. The molecule has 28 heavy (non-hydrogen) atoms. The highest BCUT2D eigenvalue weighted by Gasteiger charge is 2.27. The van der Waals surface area contributed by atoms with E-state index in [-0.39, 0.29) is 5.91 Å². The van der Waals surface area contributed by atoms with Gasteiger partial charge < -0.3 is 19.3 Å². The van der Waals surface area contributed by atoms with Gasteiger partial charge in [-0.1, -0.05) is 12.1 Å². The molecule has 3 rings (SSSR count). The van der Waals surface area contributed by atoms with E-state index in [2.05, 4.69) is 23.0 Å². The van der Waals surface area contributed by atoms with Gasteiger partial charge in [0.05, 0.1) is 14.2 Å². The molecule has 6 nitrogen and oxygen atoms in total. The van der Waals surface area contributed by atoms with Gasteiger partial charge >= 0.3 is 0 Å². The Balaban J connectivity index is 1.57. The van der Waals surface area contributed by atoms with E-state index in [0.29, 0.717) is 11.7 Å². The van der Waals surface area contributed by atoms with Crippen LogP contribution in [-0.2, 0) is 6.42 Å². The lowest BCUT2D eigenvalue weighted by Gasteiger charge is -2.37. The number of likely N-dealkylation sites (tertiary alicyclic amines) is 1. The third-order valence-electron chi connectivity index (χ3n) is 5.39. The first kappa shape index (κ1) is 20.1. The van der Waals surface area contributed by atoms with E-state index >= 15 is 0 Å². The molecule has 0 bridgehead atoms. The smallest absolute Gasteiger partial charge is 0.272 e. The maximum Gasteiger partial charge on any atom is 0.272 e. The number of hydrogen-bond acceptors (Lipinski definition) is 5. The molecule has 150 valence electrons. The second kappa shape index (κ2) is 9.55. The quantitative estimate of drug-likeness (QED) is 0.736. The lowest BCUT2D eigenvalue weighted by atomic mass is 10.0. The van der Waals surface area contributed by atoms with Gasteiger partial charge in [0.1, 0.15) is 5.69 Å². The number of pyridine rings is 1. The summed E-state index contributed by atoms with van der Waals surface area (Å²) in [6, 6.07) is 11.9. The highest BCUT2D eigenvalue weighted by molar-refractivity contribution is 5.92. The predicted molar refractivity (Wildman–Crippen MR) is 109 cm³/mol. The van der Waals surface area contributed by atoms with Crippen LogP contribution in [0.25, 0.3) is 0 Å². The van der Waals surface area contributed by atoms with Crippen molar-refractivity contribution in [2.24, 2.45) is 0 Å². The van der Waals surface area contributed by atoms with Crippen LogP contribution in [0.1, 0.15) is 28.9 Å². The minimum Gasteiger partial charge on any atom is -0.493 e. The molecule has 1 atom stereocenters. The lowest BCUT2D eigenvalue weighted by molar-refractivity contribution is 0.0606. The van der Waals surface area contributed by atoms with Crippen molar-refractivity contribution in [3.05, 3.63) is 53.9 Å². The maximum absolute atomic E-state index is 12.7. The zero-order valence-electron chi connectivity index (χ0n) is 16.9. The fourth-order valence-corrected chi connectivity index (χ4v) is 3.67. The lowest BCUT2D eigenvalue weighted by Crippen LogP contribution is -2.49. The van der Waals surface area contributed by atoms with Crippen molar-refractivity contribution in [2.75, 3.05) is 40.9 Å². The number of benzene rings is 1. The third-order valence-corrected chi connectivity index (χ3v) is 5.39. The third kappa shape index (κ3) is 4.81. The summed E-state index contributed by atoms with van der Waals surface area (Å²) in [7, 11) is 5.44. The number of piperidine rings is 1. The number of hydrogen-bond donors (Lipinski definition) is 0. The summed E-state index contributed by atoms with van der Waals surface area (Å²) >= 11 is 0. The number of carbonyl (C=O) groups excluding carboxylic acids is 1. The predicted octanol–water partition coefficient (Wildman–Crippen LogP) is 2.88. The molecule has 0 radical (unpaired) electrons. The van der Waals surface area contributed by atoms with Crippen LogP contribution in [0.2, 0.25) is 0 Å². The molecular formula is C22H29N3O3. The van der Waals surface area contributed by atoms with E-state index in [1.807, 2.05) is 29.2 Å². The van der Waals surface area contributed by atoms with Gasteiger partial charge in [-0.25, -0.2) is 0 Å². The Morgan fingerprint density at radius 1 is 1.21 bits per heavy atom. The zero-order chi connectivity index (χ0) is 19.9. The fourth-order valence-electron chi connectivity index (χ4n) is 3.67. The van der Waals surface area contributed by atoms with Crippen LogP contribution in [-0.4, -0.2) is 67.6 Å². The van der Waals surface area contributed by atoms with Gasteiger partial charge in [-0.05, 0) is 56.1 Å². The Bertz CT molecular complexity index is 782. The average Bonchev–Trinajstić information content (AvgIpc) is 2.77. The Morgan fingerprint density at radius 2 is 2.04 bits per heavy atom. The zero-order valence-corrected chi connectivity index (χ0v) is 16.9. The van der Waals surface area contributed by atoms with E-state index < -0.39 is 0 Å². The Morgan fingerprint density at radius 3 is 2.75 bits per heavy atom. The van der Waals surface area contributed by atoms with Crippen LogP contribution >= 0.6 is 0 Å². The van der Waals surface area contributed by atoms with Gasteiger partial charge in [0, 0.05) is 31.9 Å². The van der Waals surface area contributed by atoms with Crippen LogP contribution in [0.4, 0.5) is 0 Å².